The maximum Gasteiger partial charge on any atom is 0.407 e. The van der Waals surface area contributed by atoms with Crippen LogP contribution in [-0.4, -0.2) is 24.0 Å². The van der Waals surface area contributed by atoms with E-state index in [9.17, 15) is 4.79 Å². The van der Waals surface area contributed by atoms with Crippen molar-refractivity contribution in [3.8, 4) is 0 Å². The van der Waals surface area contributed by atoms with E-state index in [0.29, 0.717) is 6.54 Å². The van der Waals surface area contributed by atoms with E-state index in [-0.39, 0.29) is 6.09 Å². The molecule has 1 amide bonds. The third-order valence-corrected chi connectivity index (χ3v) is 2.15. The standard InChI is InChI=1S/C13H26N2O2/c1-11(14)9-7-5-6-8-10-15-12(16)17-13(2,3)4/h14H,5-10H2,1-4H3,(H,15,16). The van der Waals surface area contributed by atoms with E-state index in [1.54, 1.807) is 0 Å². The zero-order valence-electron chi connectivity index (χ0n) is 11.6. The number of hydrogen-bond donors (Lipinski definition) is 2. The Hall–Kier alpha value is -1.06. The van der Waals surface area contributed by atoms with Crippen LogP contribution in [0.2, 0.25) is 0 Å². The van der Waals surface area contributed by atoms with Crippen LogP contribution < -0.4 is 5.32 Å². The molecule has 0 aliphatic carbocycles. The molecule has 0 unspecified atom stereocenters. The Kier molecular flexibility index (Phi) is 7.59. The van der Waals surface area contributed by atoms with Crippen LogP contribution in [0.15, 0.2) is 0 Å². The Labute approximate surface area is 105 Å². The van der Waals surface area contributed by atoms with Crippen molar-refractivity contribution in [2.75, 3.05) is 6.54 Å². The lowest BCUT2D eigenvalue weighted by atomic mass is 10.1. The topological polar surface area (TPSA) is 62.2 Å². The number of amides is 1. The zero-order chi connectivity index (χ0) is 13.3. The van der Waals surface area contributed by atoms with E-state index in [0.717, 1.165) is 37.8 Å². The second-order valence-corrected chi connectivity index (χ2v) is 5.37. The SMILES string of the molecule is CC(=N)CCCCCCNC(=O)OC(C)(C)C. The molecule has 2 N–H and O–H groups in total. The van der Waals surface area contributed by atoms with Crippen molar-refractivity contribution >= 4 is 11.8 Å². The first-order valence-electron chi connectivity index (χ1n) is 6.32. The molecule has 17 heavy (non-hydrogen) atoms. The number of unbranched alkanes of at least 4 members (excludes halogenated alkanes) is 3. The highest BCUT2D eigenvalue weighted by Crippen LogP contribution is 2.07. The van der Waals surface area contributed by atoms with E-state index in [4.69, 9.17) is 10.1 Å². The smallest absolute Gasteiger partial charge is 0.407 e. The van der Waals surface area contributed by atoms with E-state index >= 15 is 0 Å². The number of alkyl carbamates (subject to hydrolysis) is 1. The largest absolute Gasteiger partial charge is 0.444 e. The highest BCUT2D eigenvalue weighted by Gasteiger charge is 2.15. The summed E-state index contributed by atoms with van der Waals surface area (Å²) in [5.41, 5.74) is 0.322. The fourth-order valence-corrected chi connectivity index (χ4v) is 1.37. The lowest BCUT2D eigenvalue weighted by Gasteiger charge is -2.19. The molecule has 0 aliphatic heterocycles. The molecule has 0 spiro atoms. The van der Waals surface area contributed by atoms with Crippen molar-refractivity contribution in [2.24, 2.45) is 0 Å². The highest BCUT2D eigenvalue weighted by atomic mass is 16.6. The molecule has 0 fully saturated rings. The molecule has 0 saturated carbocycles. The average Bonchev–Trinajstić information content (AvgIpc) is 2.12. The summed E-state index contributed by atoms with van der Waals surface area (Å²) in [5.74, 6) is 0. The van der Waals surface area contributed by atoms with Gasteiger partial charge in [-0.3, -0.25) is 0 Å². The van der Waals surface area contributed by atoms with Gasteiger partial charge in [-0.15, -0.1) is 0 Å². The van der Waals surface area contributed by atoms with E-state index in [2.05, 4.69) is 5.32 Å². The minimum atomic E-state index is -0.425. The molecule has 0 rings (SSSR count). The van der Waals surface area contributed by atoms with Gasteiger partial charge in [-0.25, -0.2) is 4.79 Å². The molecule has 0 atom stereocenters. The molecular formula is C13H26N2O2. The van der Waals surface area contributed by atoms with Gasteiger partial charge in [0.25, 0.3) is 0 Å². The van der Waals surface area contributed by atoms with Crippen LogP contribution in [0.5, 0.6) is 0 Å². The molecule has 0 aromatic heterocycles. The second-order valence-electron chi connectivity index (χ2n) is 5.37. The quantitative estimate of drug-likeness (QED) is 0.530. The number of nitrogens with one attached hydrogen (secondary N) is 2. The predicted molar refractivity (Wildman–Crippen MR) is 70.7 cm³/mol. The third kappa shape index (κ3) is 12.9. The van der Waals surface area contributed by atoms with E-state index in [1.807, 2.05) is 27.7 Å². The fraction of sp³-hybridized carbons (Fsp3) is 0.846. The Morgan fingerprint density at radius 1 is 1.18 bits per heavy atom. The van der Waals surface area contributed by atoms with Crippen LogP contribution in [0, 0.1) is 5.41 Å². The number of ether oxygens (including phenoxy) is 1. The molecule has 100 valence electrons. The summed E-state index contributed by atoms with van der Waals surface area (Å²) in [5, 5.41) is 10.0. The van der Waals surface area contributed by atoms with Crippen molar-refractivity contribution in [2.45, 2.75) is 65.4 Å². The lowest BCUT2D eigenvalue weighted by molar-refractivity contribution is 0.0527. The van der Waals surface area contributed by atoms with Crippen LogP contribution >= 0.6 is 0 Å². The molecule has 0 radical (unpaired) electrons. The Morgan fingerprint density at radius 3 is 2.29 bits per heavy atom. The van der Waals surface area contributed by atoms with E-state index in [1.165, 1.54) is 0 Å². The summed E-state index contributed by atoms with van der Waals surface area (Å²) in [6.07, 6.45) is 4.79. The van der Waals surface area contributed by atoms with Crippen molar-refractivity contribution in [3.05, 3.63) is 0 Å². The normalized spacial score (nSPS) is 11.1. The first-order chi connectivity index (χ1) is 7.81. The summed E-state index contributed by atoms with van der Waals surface area (Å²) >= 11 is 0. The van der Waals surface area contributed by atoms with Gasteiger partial charge in [0.1, 0.15) is 5.60 Å². The molecule has 4 heteroatoms. The van der Waals surface area contributed by atoms with Crippen LogP contribution in [0.1, 0.15) is 59.8 Å². The molecule has 0 aliphatic rings. The predicted octanol–water partition coefficient (Wildman–Crippen LogP) is 3.50. The summed E-state index contributed by atoms with van der Waals surface area (Å²) in [7, 11) is 0. The van der Waals surface area contributed by atoms with Gasteiger partial charge in [0.05, 0.1) is 0 Å². The minimum Gasteiger partial charge on any atom is -0.444 e. The van der Waals surface area contributed by atoms with Gasteiger partial charge in [-0.2, -0.15) is 0 Å². The first-order valence-corrected chi connectivity index (χ1v) is 6.32. The Bertz CT molecular complexity index is 244. The molecule has 0 aromatic carbocycles. The first kappa shape index (κ1) is 15.9. The monoisotopic (exact) mass is 242 g/mol. The van der Waals surface area contributed by atoms with Gasteiger partial charge in [0.2, 0.25) is 0 Å². The van der Waals surface area contributed by atoms with Crippen molar-refractivity contribution in [1.29, 1.82) is 5.41 Å². The highest BCUT2D eigenvalue weighted by molar-refractivity contribution is 5.78. The van der Waals surface area contributed by atoms with Gasteiger partial charge in [0.15, 0.2) is 0 Å². The summed E-state index contributed by atoms with van der Waals surface area (Å²) in [6, 6.07) is 0. The van der Waals surface area contributed by atoms with Crippen molar-refractivity contribution < 1.29 is 9.53 Å². The summed E-state index contributed by atoms with van der Waals surface area (Å²) in [4.78, 5) is 11.3. The van der Waals surface area contributed by atoms with Gasteiger partial charge < -0.3 is 15.5 Å². The molecule has 4 nitrogen and oxygen atoms in total. The average molecular weight is 242 g/mol. The fourth-order valence-electron chi connectivity index (χ4n) is 1.37. The number of carbonyl (C=O) groups is 1. The third-order valence-electron chi connectivity index (χ3n) is 2.15. The van der Waals surface area contributed by atoms with Gasteiger partial charge in [0, 0.05) is 12.3 Å². The maximum atomic E-state index is 11.3. The molecule has 0 bridgehead atoms. The number of carbonyl (C=O) groups excluding carboxylic acids is 1. The molecule has 0 heterocycles. The maximum absolute atomic E-state index is 11.3. The number of rotatable bonds is 7. The molecule has 0 saturated heterocycles. The van der Waals surface area contributed by atoms with Gasteiger partial charge >= 0.3 is 6.09 Å². The van der Waals surface area contributed by atoms with Crippen LogP contribution in [-0.2, 0) is 4.74 Å². The second kappa shape index (κ2) is 8.09. The van der Waals surface area contributed by atoms with Crippen LogP contribution in [0.4, 0.5) is 4.79 Å². The summed E-state index contributed by atoms with van der Waals surface area (Å²) in [6.45, 7) is 8.06. The van der Waals surface area contributed by atoms with Crippen LogP contribution in [0.3, 0.4) is 0 Å². The minimum absolute atomic E-state index is 0.340. The molecular weight excluding hydrogens is 216 g/mol. The van der Waals surface area contributed by atoms with Crippen molar-refractivity contribution in [3.63, 3.8) is 0 Å². The number of hydrogen-bond acceptors (Lipinski definition) is 3. The van der Waals surface area contributed by atoms with Crippen molar-refractivity contribution in [1.82, 2.24) is 5.32 Å². The lowest BCUT2D eigenvalue weighted by Crippen LogP contribution is -2.32. The van der Waals surface area contributed by atoms with Crippen LogP contribution in [0.25, 0.3) is 0 Å². The van der Waals surface area contributed by atoms with Gasteiger partial charge in [-0.05, 0) is 47.0 Å². The van der Waals surface area contributed by atoms with E-state index < -0.39 is 5.60 Å². The Balaban J connectivity index is 3.34. The Morgan fingerprint density at radius 2 is 1.76 bits per heavy atom. The van der Waals surface area contributed by atoms with Gasteiger partial charge in [-0.1, -0.05) is 12.8 Å². The molecule has 0 aromatic rings. The summed E-state index contributed by atoms with van der Waals surface area (Å²) < 4.78 is 5.12. The zero-order valence-corrected chi connectivity index (χ0v) is 11.6.